The first-order valence-electron chi connectivity index (χ1n) is 5.93. The maximum Gasteiger partial charge on any atom is 0.350 e. The Morgan fingerprint density at radius 1 is 1.56 bits per heavy atom. The molecular weight excluding hydrogens is 234 g/mol. The molecule has 1 aliphatic carbocycles. The van der Waals surface area contributed by atoms with Crippen LogP contribution in [0.25, 0.3) is 0 Å². The van der Waals surface area contributed by atoms with Gasteiger partial charge in [-0.1, -0.05) is 13.0 Å². The van der Waals surface area contributed by atoms with E-state index in [0.29, 0.717) is 0 Å². The molecule has 0 aromatic heterocycles. The molecule has 1 aliphatic rings. The van der Waals surface area contributed by atoms with Gasteiger partial charge in [-0.15, -0.1) is 0 Å². The first-order valence-corrected chi connectivity index (χ1v) is 5.93. The molecule has 0 aromatic rings. The highest BCUT2D eigenvalue weighted by Gasteiger charge is 2.25. The lowest BCUT2D eigenvalue weighted by molar-refractivity contribution is -0.129. The summed E-state index contributed by atoms with van der Waals surface area (Å²) in [7, 11) is 1.40. The zero-order chi connectivity index (χ0) is 13.5. The molecule has 5 heteroatoms. The monoisotopic (exact) mass is 253 g/mol. The Labute approximate surface area is 106 Å². The van der Waals surface area contributed by atoms with Gasteiger partial charge in [-0.05, 0) is 25.0 Å². The number of carboxylic acids is 1. The summed E-state index contributed by atoms with van der Waals surface area (Å²) >= 11 is 0. The van der Waals surface area contributed by atoms with Crippen molar-refractivity contribution in [1.29, 1.82) is 0 Å². The zero-order valence-corrected chi connectivity index (χ0v) is 10.7. The third-order valence-corrected chi connectivity index (χ3v) is 2.85. The van der Waals surface area contributed by atoms with E-state index in [0.717, 1.165) is 18.6 Å². The fourth-order valence-corrected chi connectivity index (χ4v) is 1.70. The molecule has 1 rings (SSSR count). The van der Waals surface area contributed by atoms with Gasteiger partial charge in [-0.2, -0.15) is 0 Å². The van der Waals surface area contributed by atoms with E-state index in [2.05, 4.69) is 4.99 Å². The fraction of sp³-hybridized carbons (Fsp3) is 0.538. The SMILES string of the molecule is CN=C(C(=O)O)C(C)C(O)COC1=CCCC=C1. The van der Waals surface area contributed by atoms with Crippen molar-refractivity contribution in [2.45, 2.75) is 25.9 Å². The Morgan fingerprint density at radius 2 is 2.28 bits per heavy atom. The minimum absolute atomic E-state index is 0.0423. The molecule has 100 valence electrons. The van der Waals surface area contributed by atoms with Gasteiger partial charge in [0.1, 0.15) is 18.1 Å². The summed E-state index contributed by atoms with van der Waals surface area (Å²) in [6.45, 7) is 1.68. The number of ether oxygens (including phenoxy) is 1. The average molecular weight is 253 g/mol. The molecule has 2 N–H and O–H groups in total. The second-order valence-electron chi connectivity index (χ2n) is 4.17. The lowest BCUT2D eigenvalue weighted by atomic mass is 9.99. The summed E-state index contributed by atoms with van der Waals surface area (Å²) in [6.07, 6.45) is 6.83. The molecule has 0 amide bonds. The van der Waals surface area contributed by atoms with Gasteiger partial charge >= 0.3 is 5.97 Å². The average Bonchev–Trinajstić information content (AvgIpc) is 2.37. The minimum atomic E-state index is -1.11. The van der Waals surface area contributed by atoms with Crippen LogP contribution in [0, 0.1) is 5.92 Å². The summed E-state index contributed by atoms with van der Waals surface area (Å²) in [5, 5.41) is 18.8. The quantitative estimate of drug-likeness (QED) is 0.701. The summed E-state index contributed by atoms with van der Waals surface area (Å²) in [4.78, 5) is 14.6. The molecule has 0 spiro atoms. The van der Waals surface area contributed by atoms with E-state index < -0.39 is 18.0 Å². The molecule has 0 saturated carbocycles. The number of carbonyl (C=O) groups is 1. The molecular formula is C13H19NO4. The second kappa shape index (κ2) is 6.96. The molecule has 18 heavy (non-hydrogen) atoms. The largest absolute Gasteiger partial charge is 0.491 e. The van der Waals surface area contributed by atoms with E-state index in [1.807, 2.05) is 18.2 Å². The van der Waals surface area contributed by atoms with Crippen LogP contribution in [0.3, 0.4) is 0 Å². The first-order chi connectivity index (χ1) is 8.56. The number of rotatable bonds is 6. The molecule has 0 fully saturated rings. The predicted octanol–water partition coefficient (Wildman–Crippen LogP) is 1.39. The van der Waals surface area contributed by atoms with E-state index in [9.17, 15) is 9.90 Å². The summed E-state index contributed by atoms with van der Waals surface area (Å²) in [6, 6.07) is 0. The molecule has 2 atom stereocenters. The summed E-state index contributed by atoms with van der Waals surface area (Å²) in [5.41, 5.74) is -0.0423. The van der Waals surface area contributed by atoms with Gasteiger partial charge in [0, 0.05) is 13.0 Å². The zero-order valence-electron chi connectivity index (χ0n) is 10.7. The molecule has 0 aliphatic heterocycles. The van der Waals surface area contributed by atoms with Crippen LogP contribution in [0.15, 0.2) is 29.0 Å². The third-order valence-electron chi connectivity index (χ3n) is 2.85. The van der Waals surface area contributed by atoms with Crippen molar-refractivity contribution in [3.05, 3.63) is 24.0 Å². The van der Waals surface area contributed by atoms with Gasteiger partial charge in [0.25, 0.3) is 0 Å². The number of carboxylic acid groups (broad SMARTS) is 1. The van der Waals surface area contributed by atoms with E-state index in [1.54, 1.807) is 6.92 Å². The Hall–Kier alpha value is -1.62. The lowest BCUT2D eigenvalue weighted by Crippen LogP contribution is -2.34. The van der Waals surface area contributed by atoms with E-state index in [4.69, 9.17) is 9.84 Å². The van der Waals surface area contributed by atoms with Crippen LogP contribution >= 0.6 is 0 Å². The smallest absolute Gasteiger partial charge is 0.350 e. The van der Waals surface area contributed by atoms with Crippen molar-refractivity contribution in [1.82, 2.24) is 0 Å². The van der Waals surface area contributed by atoms with Crippen molar-refractivity contribution in [2.75, 3.05) is 13.7 Å². The van der Waals surface area contributed by atoms with Crippen LogP contribution in [-0.2, 0) is 9.53 Å². The fourth-order valence-electron chi connectivity index (χ4n) is 1.70. The van der Waals surface area contributed by atoms with Crippen LogP contribution in [0.5, 0.6) is 0 Å². The normalized spacial score (nSPS) is 19.1. The number of hydrogen-bond donors (Lipinski definition) is 2. The van der Waals surface area contributed by atoms with Gasteiger partial charge in [-0.3, -0.25) is 4.99 Å². The topological polar surface area (TPSA) is 79.1 Å². The van der Waals surface area contributed by atoms with E-state index in [-0.39, 0.29) is 12.3 Å². The van der Waals surface area contributed by atoms with E-state index >= 15 is 0 Å². The molecule has 0 bridgehead atoms. The Morgan fingerprint density at radius 3 is 2.78 bits per heavy atom. The highest BCUT2D eigenvalue weighted by atomic mass is 16.5. The van der Waals surface area contributed by atoms with Crippen LogP contribution < -0.4 is 0 Å². The Balaban J connectivity index is 2.49. The van der Waals surface area contributed by atoms with Crippen LogP contribution in [0.1, 0.15) is 19.8 Å². The third kappa shape index (κ3) is 4.00. The molecule has 0 aromatic carbocycles. The van der Waals surface area contributed by atoms with E-state index in [1.165, 1.54) is 7.05 Å². The number of hydrogen-bond acceptors (Lipinski definition) is 4. The molecule has 0 radical (unpaired) electrons. The minimum Gasteiger partial charge on any atom is -0.491 e. The van der Waals surface area contributed by atoms with Crippen LogP contribution in [-0.4, -0.2) is 41.7 Å². The maximum absolute atomic E-state index is 10.9. The number of aliphatic hydroxyl groups excluding tert-OH is 1. The molecule has 2 unspecified atom stereocenters. The Kier molecular flexibility index (Phi) is 5.58. The van der Waals surface area contributed by atoms with Gasteiger partial charge in [0.15, 0.2) is 0 Å². The van der Waals surface area contributed by atoms with Crippen molar-refractivity contribution < 1.29 is 19.7 Å². The molecule has 0 heterocycles. The van der Waals surface area contributed by atoms with Crippen LogP contribution in [0.2, 0.25) is 0 Å². The number of nitrogens with zero attached hydrogens (tertiary/aromatic N) is 1. The number of aliphatic hydroxyl groups is 1. The lowest BCUT2D eigenvalue weighted by Gasteiger charge is -2.19. The number of aliphatic carboxylic acids is 1. The summed E-state index contributed by atoms with van der Waals surface area (Å²) in [5.74, 6) is -0.959. The summed E-state index contributed by atoms with van der Waals surface area (Å²) < 4.78 is 5.42. The highest BCUT2D eigenvalue weighted by molar-refractivity contribution is 6.36. The van der Waals surface area contributed by atoms with Crippen LogP contribution in [0.4, 0.5) is 0 Å². The Bertz CT molecular complexity index is 384. The second-order valence-corrected chi connectivity index (χ2v) is 4.17. The number of allylic oxidation sites excluding steroid dienone is 3. The van der Waals surface area contributed by atoms with Crippen molar-refractivity contribution in [2.24, 2.45) is 10.9 Å². The number of aliphatic imine (C=N–C) groups is 1. The van der Waals surface area contributed by atoms with Crippen molar-refractivity contribution in [3.8, 4) is 0 Å². The molecule has 0 saturated heterocycles. The van der Waals surface area contributed by atoms with Gasteiger partial charge in [0.2, 0.25) is 0 Å². The van der Waals surface area contributed by atoms with Gasteiger partial charge in [-0.25, -0.2) is 4.79 Å². The highest BCUT2D eigenvalue weighted by Crippen LogP contribution is 2.13. The standard InChI is InChI=1S/C13H19NO4/c1-9(12(14-2)13(16)17)11(15)8-18-10-6-4-3-5-7-10/h4,6-7,9,11,15H,3,5,8H2,1-2H3,(H,16,17). The van der Waals surface area contributed by atoms with Gasteiger partial charge < -0.3 is 14.9 Å². The van der Waals surface area contributed by atoms with Crippen molar-refractivity contribution >= 4 is 11.7 Å². The van der Waals surface area contributed by atoms with Crippen molar-refractivity contribution in [3.63, 3.8) is 0 Å². The maximum atomic E-state index is 10.9. The predicted molar refractivity (Wildman–Crippen MR) is 68.6 cm³/mol. The first kappa shape index (κ1) is 14.4. The molecule has 5 nitrogen and oxygen atoms in total. The van der Waals surface area contributed by atoms with Gasteiger partial charge in [0.05, 0.1) is 6.10 Å².